The molecule has 0 atom stereocenters. The molecule has 4 nitrogen and oxygen atoms in total. The lowest BCUT2D eigenvalue weighted by Crippen LogP contribution is -2.24. The van der Waals surface area contributed by atoms with Gasteiger partial charge in [-0.25, -0.2) is 0 Å². The molecule has 1 heterocycles. The minimum Gasteiger partial charge on any atom is -0.489 e. The van der Waals surface area contributed by atoms with Gasteiger partial charge in [0, 0.05) is 0 Å². The molecule has 1 saturated carbocycles. The van der Waals surface area contributed by atoms with E-state index in [0.717, 1.165) is 29.7 Å². The Morgan fingerprint density at radius 2 is 2.22 bits per heavy atom. The van der Waals surface area contributed by atoms with E-state index in [9.17, 15) is 0 Å². The molecule has 2 aromatic rings. The van der Waals surface area contributed by atoms with Crippen LogP contribution >= 0.6 is 11.6 Å². The molecule has 94 valence electrons. The Labute approximate surface area is 110 Å². The molecule has 0 amide bonds. The number of nitrogens with two attached hydrogens (primary N) is 1. The summed E-state index contributed by atoms with van der Waals surface area (Å²) in [6.07, 6.45) is 5.34. The first-order chi connectivity index (χ1) is 8.74. The highest BCUT2D eigenvalue weighted by Crippen LogP contribution is 2.35. The fourth-order valence-electron chi connectivity index (χ4n) is 1.90. The van der Waals surface area contributed by atoms with Gasteiger partial charge in [-0.05, 0) is 37.0 Å². The average molecular weight is 265 g/mol. The van der Waals surface area contributed by atoms with Gasteiger partial charge in [0.15, 0.2) is 0 Å². The summed E-state index contributed by atoms with van der Waals surface area (Å²) < 4.78 is 10.6. The van der Waals surface area contributed by atoms with Crippen LogP contribution in [0.1, 0.15) is 19.3 Å². The highest BCUT2D eigenvalue weighted by Gasteiger charge is 2.20. The van der Waals surface area contributed by atoms with Crippen LogP contribution in [0.5, 0.6) is 5.75 Å². The minimum atomic E-state index is 0.290. The number of ether oxygens (including phenoxy) is 1. The molecule has 1 fully saturated rings. The van der Waals surface area contributed by atoms with Crippen molar-refractivity contribution in [3.8, 4) is 16.9 Å². The number of rotatable bonds is 3. The Morgan fingerprint density at radius 1 is 1.39 bits per heavy atom. The smallest absolute Gasteiger partial charge is 0.229 e. The molecule has 1 aromatic heterocycles. The molecular formula is C13H13ClN2O2. The molecule has 2 N–H and O–H groups in total. The largest absolute Gasteiger partial charge is 0.489 e. The molecule has 5 heteroatoms. The van der Waals surface area contributed by atoms with Crippen molar-refractivity contribution >= 4 is 17.5 Å². The lowest BCUT2D eigenvalue weighted by Gasteiger charge is -2.26. The Bertz CT molecular complexity index is 564. The minimum absolute atomic E-state index is 0.290. The molecule has 0 spiro atoms. The quantitative estimate of drug-likeness (QED) is 0.921. The third-order valence-corrected chi connectivity index (χ3v) is 3.48. The van der Waals surface area contributed by atoms with Crippen molar-refractivity contribution < 1.29 is 9.26 Å². The van der Waals surface area contributed by atoms with Gasteiger partial charge in [0.05, 0.1) is 22.9 Å². The molecule has 1 aliphatic rings. The zero-order valence-electron chi connectivity index (χ0n) is 9.73. The van der Waals surface area contributed by atoms with Crippen LogP contribution in [0, 0.1) is 0 Å². The monoisotopic (exact) mass is 264 g/mol. The number of benzene rings is 1. The van der Waals surface area contributed by atoms with Crippen LogP contribution in [-0.4, -0.2) is 11.3 Å². The summed E-state index contributed by atoms with van der Waals surface area (Å²) in [4.78, 5) is 0. The van der Waals surface area contributed by atoms with Crippen LogP contribution in [0.15, 0.2) is 28.9 Å². The van der Waals surface area contributed by atoms with Gasteiger partial charge in [-0.15, -0.1) is 0 Å². The van der Waals surface area contributed by atoms with Crippen molar-refractivity contribution in [1.29, 1.82) is 0 Å². The Morgan fingerprint density at radius 3 is 2.78 bits per heavy atom. The lowest BCUT2D eigenvalue weighted by atomic mass is 9.96. The summed E-state index contributed by atoms with van der Waals surface area (Å²) in [5.74, 6) is 1.01. The summed E-state index contributed by atoms with van der Waals surface area (Å²) >= 11 is 6.21. The van der Waals surface area contributed by atoms with Crippen LogP contribution in [-0.2, 0) is 0 Å². The van der Waals surface area contributed by atoms with Crippen LogP contribution in [0.25, 0.3) is 11.1 Å². The van der Waals surface area contributed by atoms with Gasteiger partial charge in [-0.2, -0.15) is 0 Å². The standard InChI is InChI=1S/C13H13ClN2O2/c14-11-6-8(10-7-16-18-13(10)15)4-5-12(11)17-9-2-1-3-9/h4-7,9H,1-3,15H2. The number of aromatic nitrogens is 1. The first kappa shape index (κ1) is 11.4. The van der Waals surface area contributed by atoms with E-state index in [0.29, 0.717) is 17.0 Å². The zero-order chi connectivity index (χ0) is 12.5. The van der Waals surface area contributed by atoms with Gasteiger partial charge in [0.1, 0.15) is 5.75 Å². The Kier molecular flexibility index (Phi) is 2.88. The average Bonchev–Trinajstić information content (AvgIpc) is 2.71. The maximum absolute atomic E-state index is 6.21. The molecule has 18 heavy (non-hydrogen) atoms. The van der Waals surface area contributed by atoms with Crippen molar-refractivity contribution in [3.05, 3.63) is 29.4 Å². The van der Waals surface area contributed by atoms with Crippen molar-refractivity contribution in [2.24, 2.45) is 0 Å². The molecule has 0 radical (unpaired) electrons. The summed E-state index contributed by atoms with van der Waals surface area (Å²) in [5.41, 5.74) is 7.29. The van der Waals surface area contributed by atoms with Gasteiger partial charge in [-0.3, -0.25) is 0 Å². The third-order valence-electron chi connectivity index (χ3n) is 3.19. The summed E-state index contributed by atoms with van der Waals surface area (Å²) in [7, 11) is 0. The van der Waals surface area contributed by atoms with Crippen LogP contribution in [0.2, 0.25) is 5.02 Å². The topological polar surface area (TPSA) is 61.3 Å². The maximum atomic E-state index is 6.21. The Hall–Kier alpha value is -1.68. The van der Waals surface area contributed by atoms with E-state index in [1.807, 2.05) is 18.2 Å². The van der Waals surface area contributed by atoms with E-state index in [4.69, 9.17) is 26.6 Å². The SMILES string of the molecule is Nc1oncc1-c1ccc(OC2CCC2)c(Cl)c1. The number of nitrogen functional groups attached to an aromatic ring is 1. The molecule has 0 saturated heterocycles. The van der Waals surface area contributed by atoms with E-state index in [1.165, 1.54) is 6.42 Å². The van der Waals surface area contributed by atoms with Crippen molar-refractivity contribution in [2.75, 3.05) is 5.73 Å². The number of halogens is 1. The van der Waals surface area contributed by atoms with Gasteiger partial charge in [0.2, 0.25) is 5.88 Å². The summed E-state index contributed by atoms with van der Waals surface area (Å²) in [6.45, 7) is 0. The first-order valence-corrected chi connectivity index (χ1v) is 6.28. The number of hydrogen-bond acceptors (Lipinski definition) is 4. The summed E-state index contributed by atoms with van der Waals surface area (Å²) in [5, 5.41) is 4.23. The predicted octanol–water partition coefficient (Wildman–Crippen LogP) is 3.51. The van der Waals surface area contributed by atoms with E-state index in [1.54, 1.807) is 6.20 Å². The van der Waals surface area contributed by atoms with Crippen LogP contribution in [0.4, 0.5) is 5.88 Å². The molecule has 0 bridgehead atoms. The van der Waals surface area contributed by atoms with Gasteiger partial charge in [0.25, 0.3) is 0 Å². The summed E-state index contributed by atoms with van der Waals surface area (Å²) in [6, 6.07) is 5.59. The van der Waals surface area contributed by atoms with Gasteiger partial charge in [-0.1, -0.05) is 22.8 Å². The molecule has 0 aliphatic heterocycles. The molecule has 3 rings (SSSR count). The van der Waals surface area contributed by atoms with E-state index >= 15 is 0 Å². The van der Waals surface area contributed by atoms with Crippen molar-refractivity contribution in [3.63, 3.8) is 0 Å². The molecule has 0 unspecified atom stereocenters. The second-order valence-electron chi connectivity index (χ2n) is 4.42. The zero-order valence-corrected chi connectivity index (χ0v) is 10.5. The highest BCUT2D eigenvalue weighted by atomic mass is 35.5. The number of hydrogen-bond donors (Lipinski definition) is 1. The van der Waals surface area contributed by atoms with E-state index < -0.39 is 0 Å². The number of anilines is 1. The first-order valence-electron chi connectivity index (χ1n) is 5.91. The Balaban J connectivity index is 1.86. The van der Waals surface area contributed by atoms with E-state index in [2.05, 4.69) is 5.16 Å². The lowest BCUT2D eigenvalue weighted by molar-refractivity contribution is 0.120. The fraction of sp³-hybridized carbons (Fsp3) is 0.308. The second kappa shape index (κ2) is 4.53. The maximum Gasteiger partial charge on any atom is 0.229 e. The van der Waals surface area contributed by atoms with Crippen LogP contribution < -0.4 is 10.5 Å². The normalized spacial score (nSPS) is 15.4. The number of nitrogens with zero attached hydrogens (tertiary/aromatic N) is 1. The second-order valence-corrected chi connectivity index (χ2v) is 4.83. The van der Waals surface area contributed by atoms with E-state index in [-0.39, 0.29) is 0 Å². The van der Waals surface area contributed by atoms with Crippen LogP contribution in [0.3, 0.4) is 0 Å². The molecular weight excluding hydrogens is 252 g/mol. The van der Waals surface area contributed by atoms with Gasteiger partial charge >= 0.3 is 0 Å². The highest BCUT2D eigenvalue weighted by molar-refractivity contribution is 6.32. The van der Waals surface area contributed by atoms with Gasteiger partial charge < -0.3 is 15.0 Å². The fourth-order valence-corrected chi connectivity index (χ4v) is 2.12. The molecule has 1 aliphatic carbocycles. The molecule has 1 aromatic carbocycles. The van der Waals surface area contributed by atoms with Crippen molar-refractivity contribution in [1.82, 2.24) is 5.16 Å². The van der Waals surface area contributed by atoms with Crippen molar-refractivity contribution in [2.45, 2.75) is 25.4 Å². The predicted molar refractivity (Wildman–Crippen MR) is 69.6 cm³/mol. The third kappa shape index (κ3) is 2.04.